The average Bonchev–Trinajstić information content (AvgIpc) is 2.85. The minimum atomic E-state index is -4.45. The molecule has 0 atom stereocenters. The van der Waals surface area contributed by atoms with E-state index in [4.69, 9.17) is 5.73 Å². The number of nitrogens with zero attached hydrogens (tertiary/aromatic N) is 1. The molecule has 0 bridgehead atoms. The number of nitrogens with two attached hydrogens (primary N) is 1. The molecule has 1 fully saturated rings. The van der Waals surface area contributed by atoms with Crippen molar-refractivity contribution in [2.75, 3.05) is 0 Å². The van der Waals surface area contributed by atoms with E-state index < -0.39 is 17.4 Å². The predicted molar refractivity (Wildman–Crippen MR) is 69.0 cm³/mol. The molecule has 1 amide bonds. The van der Waals surface area contributed by atoms with Crippen molar-refractivity contribution in [2.45, 2.75) is 50.4 Å². The summed E-state index contributed by atoms with van der Waals surface area (Å²) in [6.07, 6.45) is -0.349. The van der Waals surface area contributed by atoms with E-state index in [2.05, 4.69) is 10.3 Å². The second-order valence-electron chi connectivity index (χ2n) is 5.02. The van der Waals surface area contributed by atoms with E-state index in [1.165, 1.54) is 0 Å². The maximum Gasteiger partial charge on any atom is 0.434 e. The minimum Gasteiger partial charge on any atom is -0.348 e. The van der Waals surface area contributed by atoms with Crippen molar-refractivity contribution in [1.29, 1.82) is 0 Å². The van der Waals surface area contributed by atoms with Crippen molar-refractivity contribution in [2.24, 2.45) is 5.73 Å². The molecule has 2 rings (SSSR count). The van der Waals surface area contributed by atoms with Crippen LogP contribution in [-0.4, -0.2) is 16.4 Å². The molecule has 20 heavy (non-hydrogen) atoms. The Balaban J connectivity index is 1.91. The molecule has 4 nitrogen and oxygen atoms in total. The topological polar surface area (TPSA) is 68.0 Å². The van der Waals surface area contributed by atoms with Crippen molar-refractivity contribution in [3.05, 3.63) is 16.1 Å². The molecule has 112 valence electrons. The van der Waals surface area contributed by atoms with E-state index in [-0.39, 0.29) is 17.5 Å². The Morgan fingerprint density at radius 2 is 2.05 bits per heavy atom. The van der Waals surface area contributed by atoms with Crippen molar-refractivity contribution >= 4 is 17.2 Å². The second-order valence-corrected chi connectivity index (χ2v) is 5.97. The molecule has 0 spiro atoms. The van der Waals surface area contributed by atoms with Crippen LogP contribution >= 0.6 is 11.3 Å². The van der Waals surface area contributed by atoms with Gasteiger partial charge in [-0.2, -0.15) is 13.2 Å². The van der Waals surface area contributed by atoms with Crippen molar-refractivity contribution < 1.29 is 18.0 Å². The lowest BCUT2D eigenvalue weighted by molar-refractivity contribution is -0.140. The molecule has 1 saturated carbocycles. The van der Waals surface area contributed by atoms with Gasteiger partial charge in [0.05, 0.1) is 12.1 Å². The van der Waals surface area contributed by atoms with Gasteiger partial charge in [-0.25, -0.2) is 4.98 Å². The van der Waals surface area contributed by atoms with E-state index in [1.807, 2.05) is 0 Å². The van der Waals surface area contributed by atoms with Crippen molar-refractivity contribution in [3.8, 4) is 0 Å². The number of halogens is 3. The monoisotopic (exact) mass is 307 g/mol. The van der Waals surface area contributed by atoms with Crippen molar-refractivity contribution in [1.82, 2.24) is 10.3 Å². The number of amides is 1. The molecular weight excluding hydrogens is 291 g/mol. The zero-order chi connectivity index (χ0) is 14.8. The van der Waals surface area contributed by atoms with Crippen LogP contribution < -0.4 is 11.1 Å². The molecule has 0 unspecified atom stereocenters. The molecule has 1 aliphatic rings. The van der Waals surface area contributed by atoms with Crippen LogP contribution in [0.4, 0.5) is 13.2 Å². The molecule has 8 heteroatoms. The molecule has 0 radical (unpaired) electrons. The van der Waals surface area contributed by atoms with Gasteiger partial charge in [0.25, 0.3) is 0 Å². The third kappa shape index (κ3) is 3.49. The summed E-state index contributed by atoms with van der Waals surface area (Å²) in [7, 11) is 0. The molecule has 0 saturated heterocycles. The SMILES string of the molecule is NC1(C(=O)NCc2nc(C(F)(F)F)cs2)CCCCC1. The van der Waals surface area contributed by atoms with Gasteiger partial charge in [0.1, 0.15) is 5.01 Å². The normalized spacial score (nSPS) is 18.8. The summed E-state index contributed by atoms with van der Waals surface area (Å²) in [5.41, 5.74) is 4.22. The lowest BCUT2D eigenvalue weighted by atomic mass is 9.82. The number of hydrogen-bond donors (Lipinski definition) is 2. The first-order chi connectivity index (χ1) is 9.31. The summed E-state index contributed by atoms with van der Waals surface area (Å²) in [6.45, 7) is -0.0153. The van der Waals surface area contributed by atoms with Crippen LogP contribution in [0.3, 0.4) is 0 Å². The molecule has 1 heterocycles. The van der Waals surface area contributed by atoms with Gasteiger partial charge in [-0.05, 0) is 12.8 Å². The Bertz CT molecular complexity index is 481. The van der Waals surface area contributed by atoms with E-state index in [0.29, 0.717) is 12.8 Å². The van der Waals surface area contributed by atoms with Crippen LogP contribution in [0.5, 0.6) is 0 Å². The van der Waals surface area contributed by atoms with Gasteiger partial charge in [0.2, 0.25) is 5.91 Å². The fourth-order valence-corrected chi connectivity index (χ4v) is 3.00. The van der Waals surface area contributed by atoms with Gasteiger partial charge >= 0.3 is 6.18 Å². The maximum absolute atomic E-state index is 12.4. The Hall–Kier alpha value is -1.15. The standard InChI is InChI=1S/C12H16F3N3OS/c13-12(14,15)8-7-20-9(18-8)6-17-10(19)11(16)4-2-1-3-5-11/h7H,1-6,16H2,(H,17,19). The number of nitrogens with one attached hydrogen (secondary N) is 1. The zero-order valence-electron chi connectivity index (χ0n) is 10.8. The van der Waals surface area contributed by atoms with E-state index in [0.717, 1.165) is 36.0 Å². The smallest absolute Gasteiger partial charge is 0.348 e. The predicted octanol–water partition coefficient (Wildman–Crippen LogP) is 2.44. The summed E-state index contributed by atoms with van der Waals surface area (Å²) in [5.74, 6) is -0.305. The van der Waals surface area contributed by atoms with Gasteiger partial charge in [0.15, 0.2) is 5.69 Å². The summed E-state index contributed by atoms with van der Waals surface area (Å²) in [4.78, 5) is 15.5. The van der Waals surface area contributed by atoms with Crippen LogP contribution in [0.25, 0.3) is 0 Å². The van der Waals surface area contributed by atoms with Gasteiger partial charge in [0, 0.05) is 5.38 Å². The van der Waals surface area contributed by atoms with Crippen LogP contribution in [-0.2, 0) is 17.5 Å². The first-order valence-corrected chi connectivity index (χ1v) is 7.28. The van der Waals surface area contributed by atoms with Crippen LogP contribution in [0.2, 0.25) is 0 Å². The second kappa shape index (κ2) is 5.69. The first-order valence-electron chi connectivity index (χ1n) is 6.40. The third-order valence-corrected chi connectivity index (χ3v) is 4.29. The fourth-order valence-electron chi connectivity index (χ4n) is 2.26. The molecule has 1 aromatic heterocycles. The van der Waals surface area contributed by atoms with Gasteiger partial charge in [-0.15, -0.1) is 11.3 Å². The molecule has 0 aromatic carbocycles. The van der Waals surface area contributed by atoms with Crippen molar-refractivity contribution in [3.63, 3.8) is 0 Å². The van der Waals surface area contributed by atoms with E-state index >= 15 is 0 Å². The lowest BCUT2D eigenvalue weighted by Gasteiger charge is -2.31. The van der Waals surface area contributed by atoms with Crippen LogP contribution in [0.15, 0.2) is 5.38 Å². The molecular formula is C12H16F3N3OS. The lowest BCUT2D eigenvalue weighted by Crippen LogP contribution is -2.54. The van der Waals surface area contributed by atoms with E-state index in [9.17, 15) is 18.0 Å². The van der Waals surface area contributed by atoms with Gasteiger partial charge in [-0.3, -0.25) is 4.79 Å². The minimum absolute atomic E-state index is 0.0153. The highest BCUT2D eigenvalue weighted by Gasteiger charge is 2.36. The highest BCUT2D eigenvalue weighted by molar-refractivity contribution is 7.09. The average molecular weight is 307 g/mol. The fraction of sp³-hybridized carbons (Fsp3) is 0.667. The van der Waals surface area contributed by atoms with Crippen LogP contribution in [0, 0.1) is 0 Å². The Morgan fingerprint density at radius 3 is 2.60 bits per heavy atom. The van der Waals surface area contributed by atoms with Crippen LogP contribution in [0.1, 0.15) is 42.8 Å². The largest absolute Gasteiger partial charge is 0.434 e. The Kier molecular flexibility index (Phi) is 4.33. The zero-order valence-corrected chi connectivity index (χ0v) is 11.6. The quantitative estimate of drug-likeness (QED) is 0.901. The number of rotatable bonds is 3. The van der Waals surface area contributed by atoms with Gasteiger partial charge < -0.3 is 11.1 Å². The number of thiazole rings is 1. The number of carbonyl (C=O) groups is 1. The third-order valence-electron chi connectivity index (χ3n) is 3.44. The number of hydrogen-bond acceptors (Lipinski definition) is 4. The van der Waals surface area contributed by atoms with Gasteiger partial charge in [-0.1, -0.05) is 19.3 Å². The number of alkyl halides is 3. The molecule has 3 N–H and O–H groups in total. The van der Waals surface area contributed by atoms with E-state index in [1.54, 1.807) is 0 Å². The highest BCUT2D eigenvalue weighted by Crippen LogP contribution is 2.30. The summed E-state index contributed by atoms with van der Waals surface area (Å²) in [6, 6.07) is 0. The number of aromatic nitrogens is 1. The highest BCUT2D eigenvalue weighted by atomic mass is 32.1. The number of carbonyl (C=O) groups excluding carboxylic acids is 1. The summed E-state index contributed by atoms with van der Waals surface area (Å²) in [5, 5.41) is 3.76. The first kappa shape index (κ1) is 15.2. The maximum atomic E-state index is 12.4. The Morgan fingerprint density at radius 1 is 1.40 bits per heavy atom. The molecule has 0 aliphatic heterocycles. The summed E-state index contributed by atoms with van der Waals surface area (Å²) >= 11 is 0.877. The summed E-state index contributed by atoms with van der Waals surface area (Å²) < 4.78 is 37.2. The Labute approximate surface area is 118 Å². The molecule has 1 aliphatic carbocycles. The molecule has 1 aromatic rings.